The van der Waals surface area contributed by atoms with Gasteiger partial charge in [0.25, 0.3) is 0 Å². The summed E-state index contributed by atoms with van der Waals surface area (Å²) in [5.74, 6) is 1.38. The molecule has 0 aliphatic rings. The maximum atomic E-state index is 12.2. The lowest BCUT2D eigenvalue weighted by molar-refractivity contribution is -0.120. The van der Waals surface area contributed by atoms with E-state index in [0.717, 1.165) is 39.8 Å². The van der Waals surface area contributed by atoms with E-state index < -0.39 is 0 Å². The monoisotopic (exact) mass is 390 g/mol. The van der Waals surface area contributed by atoms with Crippen molar-refractivity contribution in [2.75, 3.05) is 13.2 Å². The van der Waals surface area contributed by atoms with Crippen LogP contribution < -0.4 is 14.9 Å². The van der Waals surface area contributed by atoms with E-state index in [0.29, 0.717) is 13.2 Å². The van der Waals surface area contributed by atoms with Gasteiger partial charge in [-0.1, -0.05) is 49.4 Å². The molecule has 3 rings (SSSR count). The second-order valence-corrected chi connectivity index (χ2v) is 6.59. The molecule has 0 unspecified atom stereocenters. The summed E-state index contributed by atoms with van der Waals surface area (Å²) in [4.78, 5) is 12.2. The zero-order valence-corrected chi connectivity index (χ0v) is 16.9. The molecule has 3 aromatic carbocycles. The van der Waals surface area contributed by atoms with Gasteiger partial charge in [-0.15, -0.1) is 0 Å². The zero-order valence-electron chi connectivity index (χ0n) is 16.9. The first-order valence-electron chi connectivity index (χ1n) is 9.89. The van der Waals surface area contributed by atoms with Crippen molar-refractivity contribution in [1.82, 2.24) is 5.43 Å². The van der Waals surface area contributed by atoms with Crippen molar-refractivity contribution in [3.8, 4) is 11.5 Å². The molecular formula is C24H26N2O3. The Morgan fingerprint density at radius 1 is 1.00 bits per heavy atom. The quantitative estimate of drug-likeness (QED) is 0.425. The van der Waals surface area contributed by atoms with Gasteiger partial charge in [-0.2, -0.15) is 5.10 Å². The average molecular weight is 390 g/mol. The highest BCUT2D eigenvalue weighted by atomic mass is 16.5. The summed E-state index contributed by atoms with van der Waals surface area (Å²) in [6, 6.07) is 19.5. The second-order valence-electron chi connectivity index (χ2n) is 6.59. The van der Waals surface area contributed by atoms with E-state index in [1.807, 2.05) is 67.6 Å². The van der Waals surface area contributed by atoms with Gasteiger partial charge >= 0.3 is 0 Å². The highest BCUT2D eigenvalue weighted by Crippen LogP contribution is 2.26. The first-order valence-corrected chi connectivity index (χ1v) is 9.89. The van der Waals surface area contributed by atoms with Crippen LogP contribution >= 0.6 is 0 Å². The molecule has 1 amide bonds. The molecule has 150 valence electrons. The SMILES string of the molecule is CCCOc1ccc2ccccc2c1/C=N\NC(=O)Cc1ccc(OCC)cc1. The number of fused-ring (bicyclic) bond motifs is 1. The minimum Gasteiger partial charge on any atom is -0.494 e. The van der Waals surface area contributed by atoms with Gasteiger partial charge in [-0.25, -0.2) is 5.43 Å². The number of hydrazone groups is 1. The molecule has 0 aromatic heterocycles. The molecule has 29 heavy (non-hydrogen) atoms. The Bertz CT molecular complexity index is 981. The standard InChI is InChI=1S/C24H26N2O3/c1-3-15-29-23-14-11-19-7-5-6-8-21(19)22(23)17-25-26-24(27)16-18-9-12-20(13-10-18)28-4-2/h5-14,17H,3-4,15-16H2,1-2H3,(H,26,27)/b25-17-. The van der Waals surface area contributed by atoms with Gasteiger partial charge < -0.3 is 9.47 Å². The normalized spacial score (nSPS) is 11.0. The molecule has 0 saturated heterocycles. The molecule has 0 radical (unpaired) electrons. The van der Waals surface area contributed by atoms with E-state index in [2.05, 4.69) is 17.5 Å². The third-order valence-electron chi connectivity index (χ3n) is 4.37. The summed E-state index contributed by atoms with van der Waals surface area (Å²) in [7, 11) is 0. The second kappa shape index (κ2) is 10.3. The molecule has 5 heteroatoms. The predicted molar refractivity (Wildman–Crippen MR) is 117 cm³/mol. The molecule has 0 aliphatic heterocycles. The Hall–Kier alpha value is -3.34. The van der Waals surface area contributed by atoms with Gasteiger partial charge in [0, 0.05) is 5.56 Å². The largest absolute Gasteiger partial charge is 0.494 e. The summed E-state index contributed by atoms with van der Waals surface area (Å²) in [5.41, 5.74) is 4.37. The molecule has 0 saturated carbocycles. The van der Waals surface area contributed by atoms with Crippen LogP contribution in [0.1, 0.15) is 31.4 Å². The van der Waals surface area contributed by atoms with E-state index in [1.165, 1.54) is 0 Å². The summed E-state index contributed by atoms with van der Waals surface area (Å²) >= 11 is 0. The molecule has 0 aliphatic carbocycles. The smallest absolute Gasteiger partial charge is 0.244 e. The number of benzene rings is 3. The van der Waals surface area contributed by atoms with Gasteiger partial charge in [0.15, 0.2) is 0 Å². The summed E-state index contributed by atoms with van der Waals surface area (Å²) in [6.45, 7) is 5.25. The van der Waals surface area contributed by atoms with Crippen molar-refractivity contribution in [2.24, 2.45) is 5.10 Å². The van der Waals surface area contributed by atoms with Crippen molar-refractivity contribution >= 4 is 22.9 Å². The first-order chi connectivity index (χ1) is 14.2. The summed E-state index contributed by atoms with van der Waals surface area (Å²) in [5, 5.41) is 6.30. The number of rotatable bonds is 9. The minimum atomic E-state index is -0.179. The number of hydrogen-bond acceptors (Lipinski definition) is 4. The Morgan fingerprint density at radius 3 is 2.55 bits per heavy atom. The molecule has 1 N–H and O–H groups in total. The Morgan fingerprint density at radius 2 is 1.79 bits per heavy atom. The van der Waals surface area contributed by atoms with E-state index >= 15 is 0 Å². The van der Waals surface area contributed by atoms with Gasteiger partial charge in [0.1, 0.15) is 11.5 Å². The van der Waals surface area contributed by atoms with Gasteiger partial charge in [-0.05, 0) is 47.9 Å². The topological polar surface area (TPSA) is 59.9 Å². The highest BCUT2D eigenvalue weighted by molar-refractivity contribution is 6.02. The summed E-state index contributed by atoms with van der Waals surface area (Å²) < 4.78 is 11.3. The molecule has 3 aromatic rings. The fourth-order valence-electron chi connectivity index (χ4n) is 3.01. The zero-order chi connectivity index (χ0) is 20.5. The molecule has 5 nitrogen and oxygen atoms in total. The van der Waals surface area contributed by atoms with Crippen LogP contribution in [0.4, 0.5) is 0 Å². The van der Waals surface area contributed by atoms with Crippen LogP contribution in [0, 0.1) is 0 Å². The fraction of sp³-hybridized carbons (Fsp3) is 0.250. The Kier molecular flexibility index (Phi) is 7.22. The van der Waals surface area contributed by atoms with Crippen LogP contribution in [0.2, 0.25) is 0 Å². The highest BCUT2D eigenvalue weighted by Gasteiger charge is 2.08. The van der Waals surface area contributed by atoms with Gasteiger partial charge in [0.2, 0.25) is 5.91 Å². The van der Waals surface area contributed by atoms with Crippen LogP contribution in [-0.4, -0.2) is 25.3 Å². The molecule has 0 spiro atoms. The maximum absolute atomic E-state index is 12.2. The van der Waals surface area contributed by atoms with Crippen LogP contribution in [0.15, 0.2) is 65.8 Å². The van der Waals surface area contributed by atoms with Crippen molar-refractivity contribution in [3.05, 3.63) is 71.8 Å². The van der Waals surface area contributed by atoms with Crippen LogP contribution in [0.25, 0.3) is 10.8 Å². The molecular weight excluding hydrogens is 364 g/mol. The molecule has 0 atom stereocenters. The van der Waals surface area contributed by atoms with Gasteiger partial charge in [0.05, 0.1) is 25.8 Å². The number of ether oxygens (including phenoxy) is 2. The summed E-state index contributed by atoms with van der Waals surface area (Å²) in [6.07, 6.45) is 2.82. The lowest BCUT2D eigenvalue weighted by Gasteiger charge is -2.11. The number of carbonyl (C=O) groups is 1. The number of nitrogens with zero attached hydrogens (tertiary/aromatic N) is 1. The third-order valence-corrected chi connectivity index (χ3v) is 4.37. The van der Waals surface area contributed by atoms with Crippen molar-refractivity contribution < 1.29 is 14.3 Å². The number of amides is 1. The predicted octanol–water partition coefficient (Wildman–Crippen LogP) is 4.72. The van der Waals surface area contributed by atoms with Gasteiger partial charge in [-0.3, -0.25) is 4.79 Å². The third kappa shape index (κ3) is 5.57. The van der Waals surface area contributed by atoms with E-state index in [4.69, 9.17) is 9.47 Å². The van der Waals surface area contributed by atoms with E-state index in [-0.39, 0.29) is 12.3 Å². The fourth-order valence-corrected chi connectivity index (χ4v) is 3.01. The maximum Gasteiger partial charge on any atom is 0.244 e. The Balaban J connectivity index is 1.70. The van der Waals surface area contributed by atoms with Crippen molar-refractivity contribution in [2.45, 2.75) is 26.7 Å². The van der Waals surface area contributed by atoms with E-state index in [9.17, 15) is 4.79 Å². The minimum absolute atomic E-state index is 0.179. The van der Waals surface area contributed by atoms with Crippen LogP contribution in [0.5, 0.6) is 11.5 Å². The van der Waals surface area contributed by atoms with Crippen molar-refractivity contribution in [3.63, 3.8) is 0 Å². The van der Waals surface area contributed by atoms with E-state index in [1.54, 1.807) is 6.21 Å². The number of hydrogen-bond donors (Lipinski definition) is 1. The lowest BCUT2D eigenvalue weighted by atomic mass is 10.0. The first kappa shape index (κ1) is 20.4. The molecule has 0 bridgehead atoms. The molecule has 0 fully saturated rings. The molecule has 0 heterocycles. The van der Waals surface area contributed by atoms with Crippen LogP contribution in [-0.2, 0) is 11.2 Å². The number of carbonyl (C=O) groups excluding carboxylic acids is 1. The number of nitrogens with one attached hydrogen (secondary N) is 1. The Labute approximate surface area is 171 Å². The van der Waals surface area contributed by atoms with Crippen LogP contribution in [0.3, 0.4) is 0 Å². The average Bonchev–Trinajstić information content (AvgIpc) is 2.74. The lowest BCUT2D eigenvalue weighted by Crippen LogP contribution is -2.19. The van der Waals surface area contributed by atoms with Crippen molar-refractivity contribution in [1.29, 1.82) is 0 Å².